The standard InChI is InChI=1S/C30H27Cl2N3O13S2/c1-2-8-45-10-12-47-13-11-46-9-7-35-29(36)17-14-18(31)22(23(24(17)32)30(37)38)21-15-3-5-19(33)27(49(39,40)41)25(15)48-26-16(21)4-6-20(34)28(26)50(42,43)44/h1,3-6,14,33H,7-13,34H2,(H,35,36)(H,37,38)(H,39,40,41)(H,42,43,44). The molecule has 0 spiro atoms. The highest BCUT2D eigenvalue weighted by Crippen LogP contribution is 2.49. The first kappa shape index (κ1) is 38.5. The molecule has 0 bridgehead atoms. The fraction of sp³-hybridized carbons (Fsp3) is 0.233. The smallest absolute Gasteiger partial charge is 0.337 e. The number of hydrogen-bond acceptors (Lipinski definition) is 12. The Hall–Kier alpha value is -4.29. The molecule has 2 aliphatic rings. The third-order valence-electron chi connectivity index (χ3n) is 6.92. The Labute approximate surface area is 294 Å². The average Bonchev–Trinajstić information content (AvgIpc) is 3.01. The predicted octanol–water partition coefficient (Wildman–Crippen LogP) is 1.02. The van der Waals surface area contributed by atoms with Crippen LogP contribution in [0, 0.1) is 12.3 Å². The molecule has 0 aromatic heterocycles. The van der Waals surface area contributed by atoms with Crippen LogP contribution in [0.4, 0.5) is 5.69 Å². The second-order valence-electron chi connectivity index (χ2n) is 10.1. The Morgan fingerprint density at radius 3 is 2.24 bits per heavy atom. The van der Waals surface area contributed by atoms with Crippen molar-refractivity contribution in [1.82, 2.24) is 5.32 Å². The molecular weight excluding hydrogens is 745 g/mol. The summed E-state index contributed by atoms with van der Waals surface area (Å²) in [5.41, 5.74) is 2.22. The lowest BCUT2D eigenvalue weighted by atomic mass is 9.89. The Bertz CT molecular complexity index is 2290. The van der Waals surface area contributed by atoms with Gasteiger partial charge in [-0.2, -0.15) is 8.42 Å². The molecule has 0 radical (unpaired) electrons. The van der Waals surface area contributed by atoms with Crippen molar-refractivity contribution in [3.8, 4) is 34.8 Å². The van der Waals surface area contributed by atoms with E-state index >= 15 is 0 Å². The summed E-state index contributed by atoms with van der Waals surface area (Å²) in [5.74, 6) is -1.02. The molecule has 1 heterocycles. The minimum Gasteiger partial charge on any atom is -0.744 e. The van der Waals surface area contributed by atoms with Gasteiger partial charge in [-0.15, -0.1) is 6.42 Å². The van der Waals surface area contributed by atoms with Crippen LogP contribution in [-0.2, 0) is 34.4 Å². The molecule has 16 nitrogen and oxygen atoms in total. The third-order valence-corrected chi connectivity index (χ3v) is 9.47. The number of benzene rings is 3. The summed E-state index contributed by atoms with van der Waals surface area (Å²) >= 11 is 13.2. The van der Waals surface area contributed by atoms with E-state index in [1.54, 1.807) is 0 Å². The van der Waals surface area contributed by atoms with E-state index in [1.807, 2.05) is 0 Å². The van der Waals surface area contributed by atoms with Gasteiger partial charge in [-0.05, 0) is 24.3 Å². The zero-order valence-electron chi connectivity index (χ0n) is 25.5. The van der Waals surface area contributed by atoms with Crippen molar-refractivity contribution in [1.29, 1.82) is 0 Å². The maximum absolute atomic E-state index is 13.1. The topological polar surface area (TPSA) is 270 Å². The SMILES string of the molecule is C#CCOCCOCCOCCNC(=O)c1cc(Cl)c(-c2c3ccc(=[NH2+])c(S(=O)(=O)O)c-3oc3c(S(=O)(=O)[O-])c(N)ccc23)c(C(=O)O)c1Cl. The van der Waals surface area contributed by atoms with Crippen LogP contribution in [0.5, 0.6) is 0 Å². The highest BCUT2D eigenvalue weighted by atomic mass is 35.5. The number of anilines is 1. The number of fused-ring (bicyclic) bond motifs is 2. The van der Waals surface area contributed by atoms with Crippen molar-refractivity contribution in [2.45, 2.75) is 9.79 Å². The molecule has 0 saturated heterocycles. The quantitative estimate of drug-likeness (QED) is 0.0371. The van der Waals surface area contributed by atoms with E-state index in [-0.39, 0.29) is 55.0 Å². The van der Waals surface area contributed by atoms with Crippen molar-refractivity contribution in [3.63, 3.8) is 0 Å². The summed E-state index contributed by atoms with van der Waals surface area (Å²) in [4.78, 5) is 23.7. The molecule has 1 aliphatic heterocycles. The number of rotatable bonds is 15. The summed E-state index contributed by atoms with van der Waals surface area (Å²) in [6.07, 6.45) is 5.08. The zero-order valence-corrected chi connectivity index (χ0v) is 28.7. The van der Waals surface area contributed by atoms with Gasteiger partial charge in [-0.3, -0.25) is 14.8 Å². The fourth-order valence-electron chi connectivity index (χ4n) is 4.93. The van der Waals surface area contributed by atoms with Crippen molar-refractivity contribution < 1.29 is 64.7 Å². The number of halogens is 2. The van der Waals surface area contributed by atoms with Crippen molar-refractivity contribution in [2.24, 2.45) is 0 Å². The van der Waals surface area contributed by atoms with Crippen molar-refractivity contribution >= 4 is 72.0 Å². The molecule has 0 saturated carbocycles. The van der Waals surface area contributed by atoms with Crippen LogP contribution < -0.4 is 21.8 Å². The van der Waals surface area contributed by atoms with Gasteiger partial charge in [-0.1, -0.05) is 29.1 Å². The second kappa shape index (κ2) is 15.7. The Kier molecular flexibility index (Phi) is 12.1. The monoisotopic (exact) mass is 771 g/mol. The van der Waals surface area contributed by atoms with Crippen LogP contribution in [0.25, 0.3) is 33.4 Å². The summed E-state index contributed by atoms with van der Waals surface area (Å²) < 4.78 is 93.3. The Morgan fingerprint density at radius 2 is 1.64 bits per heavy atom. The lowest BCUT2D eigenvalue weighted by molar-refractivity contribution is -0.176. The second-order valence-corrected chi connectivity index (χ2v) is 13.6. The zero-order chi connectivity index (χ0) is 37.0. The van der Waals surface area contributed by atoms with E-state index in [0.717, 1.165) is 24.3 Å². The van der Waals surface area contributed by atoms with Crippen molar-refractivity contribution in [3.05, 3.63) is 56.9 Å². The number of nitrogens with two attached hydrogens (primary N) is 2. The molecule has 2 aromatic rings. The first-order chi connectivity index (χ1) is 23.5. The highest BCUT2D eigenvalue weighted by molar-refractivity contribution is 7.86. The normalized spacial score (nSPS) is 11.9. The largest absolute Gasteiger partial charge is 0.744 e. The molecule has 0 atom stereocenters. The number of carbonyl (C=O) groups is 2. The van der Waals surface area contributed by atoms with E-state index in [0.29, 0.717) is 13.2 Å². The number of nitrogens with one attached hydrogen (secondary N) is 1. The van der Waals surface area contributed by atoms with E-state index in [4.69, 9.17) is 59.4 Å². The molecule has 0 unspecified atom stereocenters. The molecule has 7 N–H and O–H groups in total. The number of hydrogen-bond donors (Lipinski definition) is 5. The fourth-order valence-corrected chi connectivity index (χ4v) is 7.03. The Balaban J connectivity index is 1.81. The molecule has 2 aromatic carbocycles. The van der Waals surface area contributed by atoms with Gasteiger partial charge in [0.1, 0.15) is 21.6 Å². The number of carboxylic acids is 1. The number of aromatic carboxylic acids is 1. The number of terminal acetylenes is 1. The molecule has 1 amide bonds. The van der Waals surface area contributed by atoms with Gasteiger partial charge in [0, 0.05) is 34.7 Å². The van der Waals surface area contributed by atoms with Crippen LogP contribution in [0.15, 0.2) is 44.5 Å². The maximum Gasteiger partial charge on any atom is 0.337 e. The predicted molar refractivity (Wildman–Crippen MR) is 176 cm³/mol. The molecular formula is C30H27Cl2N3O13S2. The minimum absolute atomic E-state index is 0.0363. The van der Waals surface area contributed by atoms with E-state index in [9.17, 15) is 40.6 Å². The number of ether oxygens (including phenoxy) is 3. The highest BCUT2D eigenvalue weighted by Gasteiger charge is 2.34. The number of nitrogen functional groups attached to an aromatic ring is 1. The van der Waals surface area contributed by atoms with Gasteiger partial charge in [0.05, 0.1) is 59.9 Å². The van der Waals surface area contributed by atoms with Gasteiger partial charge in [0.15, 0.2) is 11.3 Å². The summed E-state index contributed by atoms with van der Waals surface area (Å²) in [7, 11) is -10.6. The molecule has 0 fully saturated rings. The molecule has 1 aliphatic carbocycles. The van der Waals surface area contributed by atoms with Gasteiger partial charge in [0.25, 0.3) is 5.91 Å². The van der Waals surface area contributed by atoms with Crippen LogP contribution in [0.1, 0.15) is 20.7 Å². The van der Waals surface area contributed by atoms with Crippen LogP contribution in [-0.4, -0.2) is 89.1 Å². The average molecular weight is 773 g/mol. The molecule has 50 heavy (non-hydrogen) atoms. The third kappa shape index (κ3) is 8.18. The first-order valence-corrected chi connectivity index (χ1v) is 17.7. The summed E-state index contributed by atoms with van der Waals surface area (Å²) in [6.45, 7) is 1.20. The molecule has 266 valence electrons. The summed E-state index contributed by atoms with van der Waals surface area (Å²) in [5, 5.41) is 16.8. The van der Waals surface area contributed by atoms with Crippen LogP contribution >= 0.6 is 23.2 Å². The van der Waals surface area contributed by atoms with Gasteiger partial charge in [0.2, 0.25) is 10.3 Å². The van der Waals surface area contributed by atoms with Crippen molar-refractivity contribution in [2.75, 3.05) is 51.9 Å². The van der Waals surface area contributed by atoms with E-state index in [1.165, 1.54) is 6.07 Å². The van der Waals surface area contributed by atoms with Gasteiger partial charge < -0.3 is 39.3 Å². The van der Waals surface area contributed by atoms with E-state index in [2.05, 4.69) is 11.2 Å². The lowest BCUT2D eigenvalue weighted by Gasteiger charge is -2.22. The maximum atomic E-state index is 13.1. The minimum atomic E-state index is -5.44. The summed E-state index contributed by atoms with van der Waals surface area (Å²) in [6, 6.07) is 5.42. The number of carbonyl (C=O) groups excluding carboxylic acids is 1. The molecule has 4 rings (SSSR count). The van der Waals surface area contributed by atoms with Crippen LogP contribution in [0.3, 0.4) is 0 Å². The van der Waals surface area contributed by atoms with Crippen LogP contribution in [0.2, 0.25) is 10.0 Å². The number of carboxylic acid groups (broad SMARTS) is 1. The van der Waals surface area contributed by atoms with E-state index < -0.39 is 85.5 Å². The lowest BCUT2D eigenvalue weighted by Crippen LogP contribution is -2.47. The number of amides is 1. The molecule has 20 heteroatoms. The first-order valence-electron chi connectivity index (χ1n) is 14.0. The van der Waals surface area contributed by atoms with Gasteiger partial charge in [-0.25, -0.2) is 13.2 Å². The Morgan fingerprint density at radius 1 is 1.00 bits per heavy atom. The van der Waals surface area contributed by atoms with Gasteiger partial charge >= 0.3 is 16.1 Å².